The van der Waals surface area contributed by atoms with Gasteiger partial charge in [0.25, 0.3) is 5.91 Å². The van der Waals surface area contributed by atoms with Crippen molar-refractivity contribution < 1.29 is 14.3 Å². The van der Waals surface area contributed by atoms with Gasteiger partial charge in [-0.15, -0.1) is 0 Å². The highest BCUT2D eigenvalue weighted by Crippen LogP contribution is 2.15. The molecule has 0 bridgehead atoms. The lowest BCUT2D eigenvalue weighted by atomic mass is 10.3. The summed E-state index contributed by atoms with van der Waals surface area (Å²) in [5, 5.41) is 0. The number of hydrogen-bond acceptors (Lipinski definition) is 3. The minimum absolute atomic E-state index is 0.279. The van der Waals surface area contributed by atoms with Crippen molar-refractivity contribution in [3.63, 3.8) is 0 Å². The minimum Gasteiger partial charge on any atom is -0.349 e. The van der Waals surface area contributed by atoms with Gasteiger partial charge in [-0.1, -0.05) is 19.8 Å². The Morgan fingerprint density at radius 3 is 2.40 bits per heavy atom. The van der Waals surface area contributed by atoms with Gasteiger partial charge in [-0.05, 0) is 6.42 Å². The zero-order valence-corrected chi connectivity index (χ0v) is 9.52. The Morgan fingerprint density at radius 1 is 1.27 bits per heavy atom. The molecule has 1 unspecified atom stereocenters. The number of hydrogen-bond donors (Lipinski definition) is 0. The fourth-order valence-electron chi connectivity index (χ4n) is 1.49. The molecule has 1 rings (SSSR count). The largest absolute Gasteiger partial charge is 0.349 e. The van der Waals surface area contributed by atoms with Gasteiger partial charge in [-0.2, -0.15) is 0 Å². The maximum atomic E-state index is 11.5. The van der Waals surface area contributed by atoms with Crippen LogP contribution in [-0.4, -0.2) is 48.7 Å². The SMILES string of the molecule is CCCCCOC1C(=O)N(C)C(=O)N1C. The summed E-state index contributed by atoms with van der Waals surface area (Å²) in [5.74, 6) is -0.279. The molecule has 0 spiro atoms. The molecule has 0 saturated carbocycles. The maximum Gasteiger partial charge on any atom is 0.328 e. The Labute approximate surface area is 90.0 Å². The number of unbranched alkanes of at least 4 members (excludes halogenated alkanes) is 2. The van der Waals surface area contributed by atoms with E-state index in [4.69, 9.17) is 4.74 Å². The van der Waals surface area contributed by atoms with Crippen molar-refractivity contribution in [3.8, 4) is 0 Å². The molecule has 5 nitrogen and oxygen atoms in total. The monoisotopic (exact) mass is 214 g/mol. The normalized spacial score (nSPS) is 21.7. The number of ether oxygens (including phenoxy) is 1. The Hall–Kier alpha value is -1.10. The summed E-state index contributed by atoms with van der Waals surface area (Å²) in [6.07, 6.45) is 2.39. The molecule has 1 fully saturated rings. The van der Waals surface area contributed by atoms with Crippen LogP contribution >= 0.6 is 0 Å². The first-order valence-corrected chi connectivity index (χ1v) is 5.25. The standard InChI is InChI=1S/C10H18N2O3/c1-4-5-6-7-15-9-8(13)11(2)10(14)12(9)3/h9H,4-7H2,1-3H3. The van der Waals surface area contributed by atoms with Gasteiger partial charge in [0.05, 0.1) is 0 Å². The molecule has 1 aliphatic rings. The lowest BCUT2D eigenvalue weighted by Gasteiger charge is -2.16. The maximum absolute atomic E-state index is 11.5. The van der Waals surface area contributed by atoms with E-state index in [2.05, 4.69) is 6.92 Å². The molecule has 0 N–H and O–H groups in total. The fraction of sp³-hybridized carbons (Fsp3) is 0.800. The molecule has 0 aliphatic carbocycles. The van der Waals surface area contributed by atoms with E-state index < -0.39 is 6.23 Å². The summed E-state index contributed by atoms with van der Waals surface area (Å²) in [4.78, 5) is 25.3. The van der Waals surface area contributed by atoms with Crippen molar-refractivity contribution in [1.29, 1.82) is 0 Å². The molecule has 0 aromatic carbocycles. The number of likely N-dealkylation sites (N-methyl/N-ethyl adjacent to an activating group) is 2. The smallest absolute Gasteiger partial charge is 0.328 e. The summed E-state index contributed by atoms with van der Waals surface area (Å²) >= 11 is 0. The van der Waals surface area contributed by atoms with E-state index >= 15 is 0 Å². The molecule has 1 aliphatic heterocycles. The lowest BCUT2D eigenvalue weighted by Crippen LogP contribution is -2.34. The summed E-state index contributed by atoms with van der Waals surface area (Å²) in [6, 6.07) is -0.305. The molecule has 1 atom stereocenters. The topological polar surface area (TPSA) is 49.9 Å². The van der Waals surface area contributed by atoms with Gasteiger partial charge in [0.15, 0.2) is 0 Å². The summed E-state index contributed by atoms with van der Waals surface area (Å²) in [6.45, 7) is 2.62. The number of rotatable bonds is 5. The van der Waals surface area contributed by atoms with Gasteiger partial charge in [-0.25, -0.2) is 4.79 Å². The highest BCUT2D eigenvalue weighted by atomic mass is 16.5. The predicted molar refractivity (Wildman–Crippen MR) is 55.2 cm³/mol. The van der Waals surface area contributed by atoms with Gasteiger partial charge in [0.2, 0.25) is 6.23 Å². The van der Waals surface area contributed by atoms with E-state index in [-0.39, 0.29) is 11.9 Å². The average Bonchev–Trinajstić information content (AvgIpc) is 2.41. The van der Waals surface area contributed by atoms with Gasteiger partial charge in [0, 0.05) is 20.7 Å². The second-order valence-electron chi connectivity index (χ2n) is 3.72. The zero-order valence-electron chi connectivity index (χ0n) is 9.52. The van der Waals surface area contributed by atoms with Gasteiger partial charge >= 0.3 is 6.03 Å². The number of imide groups is 1. The number of carbonyl (C=O) groups is 2. The van der Waals surface area contributed by atoms with Crippen LogP contribution in [0.25, 0.3) is 0 Å². The van der Waals surface area contributed by atoms with Crippen molar-refractivity contribution in [3.05, 3.63) is 0 Å². The Bertz CT molecular complexity index is 255. The number of carbonyl (C=O) groups excluding carboxylic acids is 2. The van der Waals surface area contributed by atoms with E-state index in [1.54, 1.807) is 7.05 Å². The van der Waals surface area contributed by atoms with E-state index in [0.717, 1.165) is 24.2 Å². The van der Waals surface area contributed by atoms with E-state index in [1.165, 1.54) is 11.9 Å². The van der Waals surface area contributed by atoms with E-state index in [0.29, 0.717) is 6.61 Å². The Balaban J connectivity index is 2.41. The fourth-order valence-corrected chi connectivity index (χ4v) is 1.49. The van der Waals surface area contributed by atoms with Crippen molar-refractivity contribution in [2.75, 3.05) is 20.7 Å². The Morgan fingerprint density at radius 2 is 1.93 bits per heavy atom. The molecule has 5 heteroatoms. The first-order valence-electron chi connectivity index (χ1n) is 5.25. The van der Waals surface area contributed by atoms with E-state index in [1.807, 2.05) is 0 Å². The van der Waals surface area contributed by atoms with Crippen LogP contribution in [0.5, 0.6) is 0 Å². The second-order valence-corrected chi connectivity index (χ2v) is 3.72. The molecule has 0 aromatic rings. The minimum atomic E-state index is -0.723. The van der Waals surface area contributed by atoms with Crippen LogP contribution in [0.1, 0.15) is 26.2 Å². The van der Waals surface area contributed by atoms with Crippen molar-refractivity contribution >= 4 is 11.9 Å². The molecule has 1 heterocycles. The highest BCUT2D eigenvalue weighted by molar-refractivity contribution is 6.02. The van der Waals surface area contributed by atoms with Crippen molar-refractivity contribution in [2.24, 2.45) is 0 Å². The highest BCUT2D eigenvalue weighted by Gasteiger charge is 2.41. The first kappa shape index (κ1) is 12.0. The van der Waals surface area contributed by atoms with Gasteiger partial charge < -0.3 is 4.74 Å². The van der Waals surface area contributed by atoms with Crippen LogP contribution in [0.2, 0.25) is 0 Å². The number of nitrogens with zero attached hydrogens (tertiary/aromatic N) is 2. The van der Waals surface area contributed by atoms with Crippen molar-refractivity contribution in [1.82, 2.24) is 9.80 Å². The Kier molecular flexibility index (Phi) is 4.08. The van der Waals surface area contributed by atoms with Gasteiger partial charge in [-0.3, -0.25) is 14.6 Å². The number of urea groups is 1. The van der Waals surface area contributed by atoms with Crippen LogP contribution in [-0.2, 0) is 9.53 Å². The van der Waals surface area contributed by atoms with Crippen LogP contribution in [0.4, 0.5) is 4.79 Å². The summed E-state index contributed by atoms with van der Waals surface area (Å²) in [7, 11) is 3.05. The van der Waals surface area contributed by atoms with E-state index in [9.17, 15) is 9.59 Å². The third-order valence-electron chi connectivity index (χ3n) is 2.51. The molecule has 86 valence electrons. The molecule has 0 radical (unpaired) electrons. The summed E-state index contributed by atoms with van der Waals surface area (Å²) in [5.41, 5.74) is 0. The molecule has 3 amide bonds. The lowest BCUT2D eigenvalue weighted by molar-refractivity contribution is -0.140. The summed E-state index contributed by atoms with van der Waals surface area (Å²) < 4.78 is 5.38. The molecular weight excluding hydrogens is 196 g/mol. The van der Waals surface area contributed by atoms with Gasteiger partial charge in [0.1, 0.15) is 0 Å². The van der Waals surface area contributed by atoms with Crippen LogP contribution in [0, 0.1) is 0 Å². The zero-order chi connectivity index (χ0) is 11.4. The molecule has 15 heavy (non-hydrogen) atoms. The third kappa shape index (κ3) is 2.47. The molecular formula is C10H18N2O3. The van der Waals surface area contributed by atoms with Crippen LogP contribution in [0.15, 0.2) is 0 Å². The molecule has 0 aromatic heterocycles. The van der Waals surface area contributed by atoms with Crippen molar-refractivity contribution in [2.45, 2.75) is 32.4 Å². The van der Waals surface area contributed by atoms with Crippen LogP contribution < -0.4 is 0 Å². The predicted octanol–water partition coefficient (Wildman–Crippen LogP) is 1.04. The quantitative estimate of drug-likeness (QED) is 0.507. The second kappa shape index (κ2) is 5.11. The average molecular weight is 214 g/mol. The molecule has 1 saturated heterocycles. The number of amides is 3. The first-order chi connectivity index (χ1) is 7.09. The third-order valence-corrected chi connectivity index (χ3v) is 2.51. The van der Waals surface area contributed by atoms with Crippen LogP contribution in [0.3, 0.4) is 0 Å².